The summed E-state index contributed by atoms with van der Waals surface area (Å²) in [6.07, 6.45) is 3.98. The van der Waals surface area contributed by atoms with Gasteiger partial charge in [0, 0.05) is 21.7 Å². The number of carbonyl (C=O) groups excluding carboxylic acids is 1. The number of aliphatic hydroxyl groups excluding tert-OH is 1. The molecule has 6 heteroatoms. The first kappa shape index (κ1) is 18.2. The molecule has 1 atom stereocenters. The maximum absolute atomic E-state index is 12.3. The quantitative estimate of drug-likeness (QED) is 0.678. The third-order valence-corrected chi connectivity index (χ3v) is 6.66. The van der Waals surface area contributed by atoms with Crippen molar-refractivity contribution in [1.82, 2.24) is 5.32 Å². The molecular weight excluding hydrogens is 356 g/mol. The van der Waals surface area contributed by atoms with Gasteiger partial charge < -0.3 is 15.7 Å². The van der Waals surface area contributed by atoms with Crippen LogP contribution in [0.5, 0.6) is 0 Å². The van der Waals surface area contributed by atoms with E-state index in [1.54, 1.807) is 30.4 Å². The topological polar surface area (TPSA) is 61.4 Å². The number of hydrogen-bond acceptors (Lipinski definition) is 3. The van der Waals surface area contributed by atoms with Gasteiger partial charge in [-0.25, -0.2) is 4.79 Å². The summed E-state index contributed by atoms with van der Waals surface area (Å²) < 4.78 is 0. The van der Waals surface area contributed by atoms with Gasteiger partial charge in [0.25, 0.3) is 0 Å². The van der Waals surface area contributed by atoms with Gasteiger partial charge in [0.2, 0.25) is 0 Å². The summed E-state index contributed by atoms with van der Waals surface area (Å²) in [7, 11) is 0. The lowest BCUT2D eigenvalue weighted by Crippen LogP contribution is -2.40. The number of rotatable bonds is 5. The van der Waals surface area contributed by atoms with Crippen LogP contribution in [-0.4, -0.2) is 17.7 Å². The number of amides is 2. The molecular formula is C19H23ClN2O2S. The number of halogens is 1. The lowest BCUT2D eigenvalue weighted by atomic mass is 9.84. The number of thiophene rings is 1. The highest BCUT2D eigenvalue weighted by Crippen LogP contribution is 2.44. The smallest absolute Gasteiger partial charge is 0.319 e. The number of benzene rings is 1. The van der Waals surface area contributed by atoms with Gasteiger partial charge in [-0.05, 0) is 44.0 Å². The van der Waals surface area contributed by atoms with Gasteiger partial charge in [0.15, 0.2) is 0 Å². The van der Waals surface area contributed by atoms with Crippen LogP contribution >= 0.6 is 22.9 Å². The summed E-state index contributed by atoms with van der Waals surface area (Å²) in [6, 6.07) is 11.0. The van der Waals surface area contributed by atoms with Crippen molar-refractivity contribution >= 4 is 34.7 Å². The van der Waals surface area contributed by atoms with Crippen molar-refractivity contribution < 1.29 is 9.90 Å². The minimum Gasteiger partial charge on any atom is -0.388 e. The number of hydrogen-bond donors (Lipinski definition) is 3. The van der Waals surface area contributed by atoms with Gasteiger partial charge in [-0.3, -0.25) is 0 Å². The molecule has 0 aliphatic heterocycles. The number of urea groups is 1. The van der Waals surface area contributed by atoms with Crippen LogP contribution in [0.3, 0.4) is 0 Å². The number of para-hydroxylation sites is 1. The number of aliphatic hydroxyl groups is 1. The minimum absolute atomic E-state index is 0.0321. The second kappa shape index (κ2) is 7.77. The van der Waals surface area contributed by atoms with E-state index in [0.717, 1.165) is 30.6 Å². The van der Waals surface area contributed by atoms with E-state index in [1.165, 1.54) is 4.88 Å². The van der Waals surface area contributed by atoms with Crippen molar-refractivity contribution in [2.24, 2.45) is 0 Å². The summed E-state index contributed by atoms with van der Waals surface area (Å²) >= 11 is 7.74. The Hall–Kier alpha value is -1.56. The lowest BCUT2D eigenvalue weighted by molar-refractivity contribution is 0.203. The van der Waals surface area contributed by atoms with Crippen molar-refractivity contribution in [2.75, 3.05) is 11.9 Å². The average Bonchev–Trinajstić information content (AvgIpc) is 3.25. The molecule has 1 fully saturated rings. The summed E-state index contributed by atoms with van der Waals surface area (Å²) in [5.74, 6) is 0. The first-order chi connectivity index (χ1) is 12.0. The largest absolute Gasteiger partial charge is 0.388 e. The highest BCUT2D eigenvalue weighted by atomic mass is 35.5. The molecule has 1 aromatic carbocycles. The zero-order valence-corrected chi connectivity index (χ0v) is 15.8. The van der Waals surface area contributed by atoms with Crippen LogP contribution in [0.25, 0.3) is 0 Å². The van der Waals surface area contributed by atoms with Crippen LogP contribution in [0.1, 0.15) is 48.5 Å². The Morgan fingerprint density at radius 1 is 1.28 bits per heavy atom. The van der Waals surface area contributed by atoms with Crippen LogP contribution < -0.4 is 10.6 Å². The molecule has 2 aromatic rings. The minimum atomic E-state index is -0.450. The fourth-order valence-electron chi connectivity index (χ4n) is 3.40. The maximum atomic E-state index is 12.3. The molecule has 1 aliphatic carbocycles. The van der Waals surface area contributed by atoms with Crippen LogP contribution in [0.15, 0.2) is 36.4 Å². The predicted molar refractivity (Wildman–Crippen MR) is 104 cm³/mol. The molecule has 1 heterocycles. The molecule has 1 aliphatic rings. The monoisotopic (exact) mass is 378 g/mol. The summed E-state index contributed by atoms with van der Waals surface area (Å²) in [5, 5.41) is 16.1. The molecule has 0 saturated heterocycles. The molecule has 1 saturated carbocycles. The van der Waals surface area contributed by atoms with Gasteiger partial charge in [0.05, 0.1) is 16.8 Å². The molecule has 25 heavy (non-hydrogen) atoms. The van der Waals surface area contributed by atoms with Crippen LogP contribution in [-0.2, 0) is 5.41 Å². The third-order valence-electron chi connectivity index (χ3n) is 4.83. The van der Waals surface area contributed by atoms with Crippen molar-refractivity contribution in [3.8, 4) is 0 Å². The van der Waals surface area contributed by atoms with Crippen molar-refractivity contribution in [3.63, 3.8) is 0 Å². The Bertz CT molecular complexity index is 739. The van der Waals surface area contributed by atoms with E-state index in [1.807, 2.05) is 18.2 Å². The Morgan fingerprint density at radius 2 is 2.00 bits per heavy atom. The Kier molecular flexibility index (Phi) is 5.67. The Morgan fingerprint density at radius 3 is 2.64 bits per heavy atom. The van der Waals surface area contributed by atoms with Crippen LogP contribution in [0.2, 0.25) is 5.02 Å². The summed E-state index contributed by atoms with van der Waals surface area (Å²) in [4.78, 5) is 14.5. The Labute approximate surface area is 157 Å². The average molecular weight is 379 g/mol. The molecule has 134 valence electrons. The van der Waals surface area contributed by atoms with Gasteiger partial charge >= 0.3 is 6.03 Å². The highest BCUT2D eigenvalue weighted by molar-refractivity contribution is 7.12. The fourth-order valence-corrected chi connectivity index (χ4v) is 4.78. The van der Waals surface area contributed by atoms with E-state index in [-0.39, 0.29) is 11.4 Å². The normalized spacial score (nSPS) is 17.2. The molecule has 4 nitrogen and oxygen atoms in total. The van der Waals surface area contributed by atoms with E-state index in [4.69, 9.17) is 11.6 Å². The zero-order valence-electron chi connectivity index (χ0n) is 14.2. The molecule has 2 amide bonds. The van der Waals surface area contributed by atoms with Crippen molar-refractivity contribution in [3.05, 3.63) is 51.2 Å². The number of carbonyl (C=O) groups is 1. The third kappa shape index (κ3) is 4.17. The van der Waals surface area contributed by atoms with E-state index >= 15 is 0 Å². The molecule has 0 unspecified atom stereocenters. The first-order valence-electron chi connectivity index (χ1n) is 8.58. The maximum Gasteiger partial charge on any atom is 0.319 e. The molecule has 0 bridgehead atoms. The molecule has 1 aromatic heterocycles. The predicted octanol–water partition coefficient (Wildman–Crippen LogP) is 5.09. The molecule has 3 N–H and O–H groups in total. The van der Waals surface area contributed by atoms with E-state index in [9.17, 15) is 9.90 Å². The van der Waals surface area contributed by atoms with Crippen molar-refractivity contribution in [2.45, 2.75) is 44.1 Å². The van der Waals surface area contributed by atoms with Gasteiger partial charge in [-0.15, -0.1) is 11.3 Å². The second-order valence-corrected chi connectivity index (χ2v) is 8.18. The standard InChI is InChI=1S/C19H23ClN2O2S/c1-13(23)16-8-9-17(25-16)19(10-4-5-11-19)12-21-18(24)22-15-7-3-2-6-14(15)20/h2-3,6-9,13,23H,4-5,10-12H2,1H3,(H2,21,22,24)/t13-/m0/s1. The van der Waals surface area contributed by atoms with Gasteiger partial charge in [-0.1, -0.05) is 36.6 Å². The second-order valence-electron chi connectivity index (χ2n) is 6.65. The van der Waals surface area contributed by atoms with Crippen LogP contribution in [0.4, 0.5) is 10.5 Å². The van der Waals surface area contributed by atoms with E-state index in [2.05, 4.69) is 16.7 Å². The van der Waals surface area contributed by atoms with Gasteiger partial charge in [0.1, 0.15) is 0 Å². The van der Waals surface area contributed by atoms with E-state index in [0.29, 0.717) is 17.3 Å². The fraction of sp³-hybridized carbons (Fsp3) is 0.421. The number of anilines is 1. The van der Waals surface area contributed by atoms with Gasteiger partial charge in [-0.2, -0.15) is 0 Å². The summed E-state index contributed by atoms with van der Waals surface area (Å²) in [5.41, 5.74) is 0.574. The Balaban J connectivity index is 1.67. The lowest BCUT2D eigenvalue weighted by Gasteiger charge is -2.28. The van der Waals surface area contributed by atoms with Crippen LogP contribution in [0, 0.1) is 0 Å². The number of nitrogens with one attached hydrogen (secondary N) is 2. The van der Waals surface area contributed by atoms with E-state index < -0.39 is 6.10 Å². The molecule has 0 radical (unpaired) electrons. The van der Waals surface area contributed by atoms with Crippen molar-refractivity contribution in [1.29, 1.82) is 0 Å². The molecule has 0 spiro atoms. The highest BCUT2D eigenvalue weighted by Gasteiger charge is 2.37. The summed E-state index contributed by atoms with van der Waals surface area (Å²) in [6.45, 7) is 2.37. The zero-order chi connectivity index (χ0) is 17.9. The molecule has 3 rings (SSSR count). The first-order valence-corrected chi connectivity index (χ1v) is 9.77. The SMILES string of the molecule is C[C@H](O)c1ccc(C2(CNC(=O)Nc3ccccc3Cl)CCCC2)s1.